The number of hydrogen-bond acceptors (Lipinski definition) is 10. The van der Waals surface area contributed by atoms with Crippen LogP contribution in [0, 0.1) is 0 Å². The highest BCUT2D eigenvalue weighted by atomic mass is 16.7. The molecule has 0 aromatic carbocycles. The summed E-state index contributed by atoms with van der Waals surface area (Å²) in [7, 11) is 0. The van der Waals surface area contributed by atoms with Crippen LogP contribution in [0.3, 0.4) is 0 Å². The van der Waals surface area contributed by atoms with Crippen molar-refractivity contribution in [1.82, 2.24) is 19.9 Å². The fourth-order valence-corrected chi connectivity index (χ4v) is 2.70. The van der Waals surface area contributed by atoms with Gasteiger partial charge in [-0.2, -0.15) is 0 Å². The van der Waals surface area contributed by atoms with Crippen molar-refractivity contribution in [2.45, 2.75) is 37.6 Å². The second-order valence-corrected chi connectivity index (χ2v) is 6.26. The van der Waals surface area contributed by atoms with Crippen LogP contribution >= 0.6 is 0 Å². The molecule has 2 aromatic heterocycles. The maximum Gasteiger partial charge on any atom is 0.187 e. The molecule has 1 aliphatic rings. The Balaban J connectivity index is 1.51. The number of nitrogens with zero attached hydrogens (tertiary/aromatic N) is 3. The third-order valence-corrected chi connectivity index (χ3v) is 4.27. The lowest BCUT2D eigenvalue weighted by atomic mass is 9.99. The first-order valence-corrected chi connectivity index (χ1v) is 8.47. The number of aromatic amines is 1. The predicted octanol–water partition coefficient (Wildman–Crippen LogP) is -1.47. The molecule has 0 amide bonds. The van der Waals surface area contributed by atoms with Gasteiger partial charge in [-0.25, -0.2) is 15.0 Å². The minimum absolute atomic E-state index is 0.133. The molecule has 11 nitrogen and oxygen atoms in total. The average Bonchev–Trinajstić information content (AvgIpc) is 3.15. The van der Waals surface area contributed by atoms with E-state index in [4.69, 9.17) is 9.47 Å². The van der Waals surface area contributed by atoms with Crippen molar-refractivity contribution >= 4 is 17.0 Å². The summed E-state index contributed by atoms with van der Waals surface area (Å²) in [6.07, 6.45) is -1.58. The van der Waals surface area contributed by atoms with Crippen LogP contribution in [-0.4, -0.2) is 90.8 Å². The van der Waals surface area contributed by atoms with Crippen LogP contribution in [-0.2, 0) is 9.47 Å². The molecule has 0 radical (unpaired) electrons. The van der Waals surface area contributed by atoms with Crippen LogP contribution in [0.25, 0.3) is 11.2 Å². The molecule has 5 atom stereocenters. The molecule has 11 heteroatoms. The average molecular weight is 381 g/mol. The molecule has 0 aliphatic carbocycles. The number of nitrogens with one attached hydrogen (secondary N) is 2. The first kappa shape index (κ1) is 19.6. The molecule has 0 spiro atoms. The molecule has 27 heavy (non-hydrogen) atoms. The zero-order valence-electron chi connectivity index (χ0n) is 14.7. The Hall–Kier alpha value is -2.15. The third-order valence-electron chi connectivity index (χ3n) is 4.27. The van der Waals surface area contributed by atoms with Crippen molar-refractivity contribution in [3.63, 3.8) is 0 Å². The molecule has 148 valence electrons. The molecular weight excluding hydrogens is 358 g/mol. The molecule has 1 fully saturated rings. The number of aromatic nitrogens is 4. The highest BCUT2D eigenvalue weighted by Crippen LogP contribution is 2.22. The highest BCUT2D eigenvalue weighted by Gasteiger charge is 2.43. The van der Waals surface area contributed by atoms with E-state index in [2.05, 4.69) is 25.3 Å². The Kier molecular flexibility index (Phi) is 6.31. The van der Waals surface area contributed by atoms with E-state index in [9.17, 15) is 20.4 Å². The number of fused-ring (bicyclic) bond motifs is 1. The first-order valence-electron chi connectivity index (χ1n) is 8.47. The standard InChI is InChI=1S/C16H23N5O6/c1-8(2-3-17-14-10-15(19-6-18-10)21-7-20-14)5-26-16-13(25)12(24)11(23)9(4-22)27-16/h2,6-7,9,11-13,16,22-25H,3-5H2,1H3,(H2,17,18,19,20,21). The van der Waals surface area contributed by atoms with E-state index >= 15 is 0 Å². The smallest absolute Gasteiger partial charge is 0.187 e. The number of anilines is 1. The van der Waals surface area contributed by atoms with Gasteiger partial charge in [-0.3, -0.25) is 0 Å². The van der Waals surface area contributed by atoms with E-state index in [1.807, 2.05) is 13.0 Å². The van der Waals surface area contributed by atoms with E-state index in [1.54, 1.807) is 6.33 Å². The zero-order chi connectivity index (χ0) is 19.4. The molecule has 3 heterocycles. The lowest BCUT2D eigenvalue weighted by Gasteiger charge is -2.39. The second-order valence-electron chi connectivity index (χ2n) is 6.26. The van der Waals surface area contributed by atoms with Crippen LogP contribution in [0.1, 0.15) is 6.92 Å². The Labute approximate surface area is 154 Å². The zero-order valence-corrected chi connectivity index (χ0v) is 14.7. The van der Waals surface area contributed by atoms with Gasteiger partial charge in [0.15, 0.2) is 17.8 Å². The Morgan fingerprint density at radius 3 is 2.85 bits per heavy atom. The molecule has 1 saturated heterocycles. The van der Waals surface area contributed by atoms with E-state index < -0.39 is 37.3 Å². The molecular formula is C16H23N5O6. The Morgan fingerprint density at radius 1 is 1.26 bits per heavy atom. The van der Waals surface area contributed by atoms with Crippen LogP contribution in [0.5, 0.6) is 0 Å². The van der Waals surface area contributed by atoms with E-state index in [0.29, 0.717) is 23.5 Å². The van der Waals surface area contributed by atoms with Crippen molar-refractivity contribution in [1.29, 1.82) is 0 Å². The number of aliphatic hydroxyl groups excluding tert-OH is 4. The first-order chi connectivity index (χ1) is 13.0. The van der Waals surface area contributed by atoms with Gasteiger partial charge >= 0.3 is 0 Å². The molecule has 2 aromatic rings. The lowest BCUT2D eigenvalue weighted by molar-refractivity contribution is -0.299. The van der Waals surface area contributed by atoms with Gasteiger partial charge in [0.05, 0.1) is 19.5 Å². The highest BCUT2D eigenvalue weighted by molar-refractivity contribution is 5.81. The molecule has 0 saturated carbocycles. The quantitative estimate of drug-likeness (QED) is 0.312. The van der Waals surface area contributed by atoms with E-state index in [-0.39, 0.29) is 6.61 Å². The van der Waals surface area contributed by atoms with Gasteiger partial charge in [0.25, 0.3) is 0 Å². The minimum atomic E-state index is -1.46. The van der Waals surface area contributed by atoms with Crippen molar-refractivity contribution in [3.05, 3.63) is 24.3 Å². The van der Waals surface area contributed by atoms with E-state index in [0.717, 1.165) is 5.57 Å². The molecule has 3 rings (SSSR count). The van der Waals surface area contributed by atoms with Gasteiger partial charge in [0.2, 0.25) is 0 Å². The monoisotopic (exact) mass is 381 g/mol. The SMILES string of the molecule is CC(=CCNc1ncnc2nc[nH]c12)COC1OC(CO)C(O)C(O)C1O. The van der Waals surface area contributed by atoms with Crippen molar-refractivity contribution in [2.24, 2.45) is 0 Å². The topological polar surface area (TPSA) is 166 Å². The number of hydrogen-bond donors (Lipinski definition) is 6. The summed E-state index contributed by atoms with van der Waals surface area (Å²) < 4.78 is 10.8. The summed E-state index contributed by atoms with van der Waals surface area (Å²) in [5.74, 6) is 0.622. The van der Waals surface area contributed by atoms with Gasteiger partial charge < -0.3 is 40.2 Å². The number of rotatable bonds is 7. The number of H-pyrrole nitrogens is 1. The van der Waals surface area contributed by atoms with Gasteiger partial charge in [-0.1, -0.05) is 6.08 Å². The predicted molar refractivity (Wildman–Crippen MR) is 93.6 cm³/mol. The number of ether oxygens (including phenoxy) is 2. The summed E-state index contributed by atoms with van der Waals surface area (Å²) in [4.78, 5) is 15.2. The van der Waals surface area contributed by atoms with Gasteiger partial charge in [0, 0.05) is 6.54 Å². The van der Waals surface area contributed by atoms with Crippen LogP contribution < -0.4 is 5.32 Å². The summed E-state index contributed by atoms with van der Waals surface area (Å²) in [5.41, 5.74) is 2.12. The third kappa shape index (κ3) is 4.40. The van der Waals surface area contributed by atoms with E-state index in [1.165, 1.54) is 6.33 Å². The maximum atomic E-state index is 9.94. The van der Waals surface area contributed by atoms with Crippen molar-refractivity contribution < 1.29 is 29.9 Å². The summed E-state index contributed by atoms with van der Waals surface area (Å²) >= 11 is 0. The Morgan fingerprint density at radius 2 is 2.07 bits per heavy atom. The fourth-order valence-electron chi connectivity index (χ4n) is 2.70. The van der Waals surface area contributed by atoms with Gasteiger partial charge in [-0.15, -0.1) is 0 Å². The molecule has 0 bridgehead atoms. The normalized spacial score (nSPS) is 29.2. The minimum Gasteiger partial charge on any atom is -0.394 e. The fraction of sp³-hybridized carbons (Fsp3) is 0.562. The van der Waals surface area contributed by atoms with Crippen LogP contribution in [0.4, 0.5) is 5.82 Å². The number of aliphatic hydroxyl groups is 4. The molecule has 6 N–H and O–H groups in total. The van der Waals surface area contributed by atoms with Crippen LogP contribution in [0.15, 0.2) is 24.3 Å². The van der Waals surface area contributed by atoms with Gasteiger partial charge in [0.1, 0.15) is 36.3 Å². The molecule has 1 aliphatic heterocycles. The lowest BCUT2D eigenvalue weighted by Crippen LogP contribution is -2.59. The van der Waals surface area contributed by atoms with Crippen LogP contribution in [0.2, 0.25) is 0 Å². The summed E-state index contributed by atoms with van der Waals surface area (Å²) in [5, 5.41) is 41.8. The van der Waals surface area contributed by atoms with Gasteiger partial charge in [-0.05, 0) is 12.5 Å². The molecule has 5 unspecified atom stereocenters. The number of imidazole rings is 1. The Bertz CT molecular complexity index is 782. The maximum absolute atomic E-state index is 9.94. The van der Waals surface area contributed by atoms with Crippen molar-refractivity contribution in [2.75, 3.05) is 25.1 Å². The second kappa shape index (κ2) is 8.69. The summed E-state index contributed by atoms with van der Waals surface area (Å²) in [6, 6.07) is 0. The largest absolute Gasteiger partial charge is 0.394 e. The summed E-state index contributed by atoms with van der Waals surface area (Å²) in [6.45, 7) is 1.94. The van der Waals surface area contributed by atoms with Crippen molar-refractivity contribution in [3.8, 4) is 0 Å².